The van der Waals surface area contributed by atoms with Crippen molar-refractivity contribution < 1.29 is 13.2 Å². The molecule has 0 saturated heterocycles. The minimum atomic E-state index is -3.53. The fraction of sp³-hybridized carbons (Fsp3) is 0.316. The van der Waals surface area contributed by atoms with Crippen LogP contribution in [0.4, 0.5) is 5.69 Å². The molecule has 1 amide bonds. The predicted octanol–water partition coefficient (Wildman–Crippen LogP) is 3.26. The number of sulfonamides is 1. The van der Waals surface area contributed by atoms with E-state index in [1.54, 1.807) is 12.1 Å². The quantitative estimate of drug-likeness (QED) is 0.798. The van der Waals surface area contributed by atoms with Crippen LogP contribution in [0.2, 0.25) is 0 Å². The second-order valence-electron chi connectivity index (χ2n) is 6.28. The summed E-state index contributed by atoms with van der Waals surface area (Å²) in [7, 11) is -3.53. The van der Waals surface area contributed by atoms with Gasteiger partial charge in [0.1, 0.15) is 0 Å². The highest BCUT2D eigenvalue weighted by atomic mass is 32.2. The lowest BCUT2D eigenvalue weighted by molar-refractivity contribution is -0.117. The summed E-state index contributed by atoms with van der Waals surface area (Å²) < 4.78 is 27.3. The Labute approximate surface area is 148 Å². The van der Waals surface area contributed by atoms with Gasteiger partial charge in [-0.1, -0.05) is 43.3 Å². The van der Waals surface area contributed by atoms with Gasteiger partial charge in [0.25, 0.3) is 0 Å². The third kappa shape index (κ3) is 4.46. The molecule has 1 aliphatic carbocycles. The standard InChI is InChI=1S/C19H22N2O3S/c1-2-18(14-7-4-3-5-8-14)19(22)20-16-9-6-10-17(13-16)25(23,24)21-15-11-12-15/h3-10,13,15,18,21H,2,11-12H2,1H3,(H,20,22)/t18-/m0/s1. The first-order valence-electron chi connectivity index (χ1n) is 8.48. The Balaban J connectivity index is 1.76. The molecule has 6 heteroatoms. The van der Waals surface area contributed by atoms with E-state index in [0.717, 1.165) is 18.4 Å². The van der Waals surface area contributed by atoms with Crippen molar-refractivity contribution in [2.45, 2.75) is 43.0 Å². The first-order valence-corrected chi connectivity index (χ1v) is 9.96. The van der Waals surface area contributed by atoms with Crippen LogP contribution in [0.3, 0.4) is 0 Å². The molecule has 0 aliphatic heterocycles. The molecular formula is C19H22N2O3S. The van der Waals surface area contributed by atoms with Crippen LogP contribution in [-0.4, -0.2) is 20.4 Å². The van der Waals surface area contributed by atoms with Crippen LogP contribution in [-0.2, 0) is 14.8 Å². The summed E-state index contributed by atoms with van der Waals surface area (Å²) >= 11 is 0. The summed E-state index contributed by atoms with van der Waals surface area (Å²) in [6, 6.07) is 16.0. The summed E-state index contributed by atoms with van der Waals surface area (Å²) in [4.78, 5) is 12.8. The molecule has 5 nitrogen and oxygen atoms in total. The van der Waals surface area contributed by atoms with Gasteiger partial charge in [-0.05, 0) is 43.0 Å². The third-order valence-electron chi connectivity index (χ3n) is 4.24. The number of carbonyl (C=O) groups excluding carboxylic acids is 1. The van der Waals surface area contributed by atoms with E-state index in [-0.39, 0.29) is 22.8 Å². The number of hydrogen-bond acceptors (Lipinski definition) is 3. The zero-order chi connectivity index (χ0) is 17.9. The van der Waals surface area contributed by atoms with Crippen molar-refractivity contribution in [1.82, 2.24) is 4.72 Å². The lowest BCUT2D eigenvalue weighted by atomic mass is 9.95. The number of anilines is 1. The SMILES string of the molecule is CC[C@H](C(=O)Nc1cccc(S(=O)(=O)NC2CC2)c1)c1ccccc1. The van der Waals surface area contributed by atoms with E-state index in [1.807, 2.05) is 37.3 Å². The highest BCUT2D eigenvalue weighted by Gasteiger charge is 2.28. The molecule has 0 bridgehead atoms. The van der Waals surface area contributed by atoms with Crippen LogP contribution in [0.25, 0.3) is 0 Å². The van der Waals surface area contributed by atoms with Crippen molar-refractivity contribution in [3.8, 4) is 0 Å². The van der Waals surface area contributed by atoms with Gasteiger partial charge in [-0.3, -0.25) is 4.79 Å². The summed E-state index contributed by atoms with van der Waals surface area (Å²) in [6.07, 6.45) is 2.42. The van der Waals surface area contributed by atoms with E-state index in [0.29, 0.717) is 12.1 Å². The van der Waals surface area contributed by atoms with Gasteiger partial charge in [0.15, 0.2) is 0 Å². The molecule has 25 heavy (non-hydrogen) atoms. The maximum atomic E-state index is 12.6. The summed E-state index contributed by atoms with van der Waals surface area (Å²) in [6.45, 7) is 1.96. The van der Waals surface area contributed by atoms with Gasteiger partial charge in [0.2, 0.25) is 15.9 Å². The van der Waals surface area contributed by atoms with Crippen molar-refractivity contribution in [1.29, 1.82) is 0 Å². The Kier molecular flexibility index (Phi) is 5.20. The maximum Gasteiger partial charge on any atom is 0.240 e. The van der Waals surface area contributed by atoms with Crippen molar-refractivity contribution in [3.05, 3.63) is 60.2 Å². The minimum Gasteiger partial charge on any atom is -0.326 e. The Bertz CT molecular complexity index is 846. The van der Waals surface area contributed by atoms with Gasteiger partial charge in [0, 0.05) is 11.7 Å². The van der Waals surface area contributed by atoms with Crippen molar-refractivity contribution in [3.63, 3.8) is 0 Å². The van der Waals surface area contributed by atoms with E-state index in [2.05, 4.69) is 10.0 Å². The van der Waals surface area contributed by atoms with Crippen molar-refractivity contribution >= 4 is 21.6 Å². The molecule has 0 spiro atoms. The Hall–Kier alpha value is -2.18. The number of benzene rings is 2. The number of hydrogen-bond donors (Lipinski definition) is 2. The molecule has 2 aromatic carbocycles. The molecule has 2 N–H and O–H groups in total. The Morgan fingerprint density at radius 2 is 1.84 bits per heavy atom. The zero-order valence-electron chi connectivity index (χ0n) is 14.1. The molecule has 132 valence electrons. The van der Waals surface area contributed by atoms with Gasteiger partial charge in [0.05, 0.1) is 10.8 Å². The van der Waals surface area contributed by atoms with E-state index in [9.17, 15) is 13.2 Å². The molecule has 1 saturated carbocycles. The zero-order valence-corrected chi connectivity index (χ0v) is 14.9. The van der Waals surface area contributed by atoms with Crippen molar-refractivity contribution in [2.24, 2.45) is 0 Å². The highest BCUT2D eigenvalue weighted by Crippen LogP contribution is 2.25. The molecular weight excluding hydrogens is 336 g/mol. The first kappa shape index (κ1) is 17.6. The van der Waals surface area contributed by atoms with Crippen LogP contribution in [0, 0.1) is 0 Å². The second-order valence-corrected chi connectivity index (χ2v) is 8.00. The average molecular weight is 358 g/mol. The van der Waals surface area contributed by atoms with Gasteiger partial charge >= 0.3 is 0 Å². The molecule has 1 fully saturated rings. The number of nitrogens with one attached hydrogen (secondary N) is 2. The molecule has 1 aliphatic rings. The summed E-state index contributed by atoms with van der Waals surface area (Å²) in [5.41, 5.74) is 1.43. The van der Waals surface area contributed by atoms with Crippen LogP contribution in [0.15, 0.2) is 59.5 Å². The topological polar surface area (TPSA) is 75.3 Å². The smallest absolute Gasteiger partial charge is 0.240 e. The predicted molar refractivity (Wildman–Crippen MR) is 97.9 cm³/mol. The van der Waals surface area contributed by atoms with Crippen molar-refractivity contribution in [2.75, 3.05) is 5.32 Å². The minimum absolute atomic E-state index is 0.0470. The van der Waals surface area contributed by atoms with Gasteiger partial charge in [-0.25, -0.2) is 13.1 Å². The largest absolute Gasteiger partial charge is 0.326 e. The van der Waals surface area contributed by atoms with Crippen LogP contribution < -0.4 is 10.0 Å². The molecule has 1 atom stereocenters. The molecule has 3 rings (SSSR count). The van der Waals surface area contributed by atoms with Crippen LogP contribution in [0.5, 0.6) is 0 Å². The van der Waals surface area contributed by atoms with E-state index < -0.39 is 10.0 Å². The molecule has 0 aromatic heterocycles. The second kappa shape index (κ2) is 7.37. The number of carbonyl (C=O) groups is 1. The van der Waals surface area contributed by atoms with Crippen LogP contribution in [0.1, 0.15) is 37.7 Å². The molecule has 0 radical (unpaired) electrons. The Morgan fingerprint density at radius 1 is 1.12 bits per heavy atom. The number of amides is 1. The summed E-state index contributed by atoms with van der Waals surface area (Å²) in [5.74, 6) is -0.413. The van der Waals surface area contributed by atoms with Gasteiger partial charge in [-0.15, -0.1) is 0 Å². The van der Waals surface area contributed by atoms with Gasteiger partial charge < -0.3 is 5.32 Å². The Morgan fingerprint density at radius 3 is 2.48 bits per heavy atom. The fourth-order valence-corrected chi connectivity index (χ4v) is 4.07. The molecule has 2 aromatic rings. The van der Waals surface area contributed by atoms with E-state index in [1.165, 1.54) is 12.1 Å². The normalized spacial score (nSPS) is 15.6. The monoisotopic (exact) mass is 358 g/mol. The summed E-state index contributed by atoms with van der Waals surface area (Å²) in [5, 5.41) is 2.84. The third-order valence-corrected chi connectivity index (χ3v) is 5.76. The first-order chi connectivity index (χ1) is 12.0. The molecule has 0 unspecified atom stereocenters. The average Bonchev–Trinajstić information content (AvgIpc) is 3.40. The highest BCUT2D eigenvalue weighted by molar-refractivity contribution is 7.89. The fourth-order valence-electron chi connectivity index (χ4n) is 2.72. The van der Waals surface area contributed by atoms with Gasteiger partial charge in [-0.2, -0.15) is 0 Å². The molecule has 0 heterocycles. The van der Waals surface area contributed by atoms with E-state index >= 15 is 0 Å². The maximum absolute atomic E-state index is 12.6. The van der Waals surface area contributed by atoms with Crippen LogP contribution >= 0.6 is 0 Å². The number of rotatable bonds is 7. The lowest BCUT2D eigenvalue weighted by Crippen LogP contribution is -2.26. The van der Waals surface area contributed by atoms with E-state index in [4.69, 9.17) is 0 Å². The lowest BCUT2D eigenvalue weighted by Gasteiger charge is -2.16.